The first-order valence-corrected chi connectivity index (χ1v) is 5.61. The van der Waals surface area contributed by atoms with Gasteiger partial charge in [0.2, 0.25) is 5.91 Å². The van der Waals surface area contributed by atoms with Gasteiger partial charge in [0.25, 0.3) is 0 Å². The lowest BCUT2D eigenvalue weighted by Gasteiger charge is -2.14. The van der Waals surface area contributed by atoms with Crippen LogP contribution in [0.4, 0.5) is 5.82 Å². The molecule has 4 nitrogen and oxygen atoms in total. The fourth-order valence-electron chi connectivity index (χ4n) is 1.54. The summed E-state index contributed by atoms with van der Waals surface area (Å²) in [7, 11) is 0. The van der Waals surface area contributed by atoms with Gasteiger partial charge in [-0.3, -0.25) is 4.79 Å². The van der Waals surface area contributed by atoms with E-state index < -0.39 is 0 Å². The van der Waals surface area contributed by atoms with Gasteiger partial charge in [0.15, 0.2) is 0 Å². The molecule has 1 atom stereocenters. The van der Waals surface area contributed by atoms with Crippen LogP contribution in [0.1, 0.15) is 25.3 Å². The number of hydrogen-bond acceptors (Lipinski definition) is 3. The van der Waals surface area contributed by atoms with Crippen LogP contribution in [0.25, 0.3) is 0 Å². The molecular formula is C12H19N3O. The Labute approximate surface area is 96.3 Å². The van der Waals surface area contributed by atoms with Gasteiger partial charge in [0, 0.05) is 12.7 Å². The summed E-state index contributed by atoms with van der Waals surface area (Å²) in [4.78, 5) is 16.0. The zero-order chi connectivity index (χ0) is 12.0. The van der Waals surface area contributed by atoms with E-state index in [-0.39, 0.29) is 11.8 Å². The van der Waals surface area contributed by atoms with Gasteiger partial charge in [-0.15, -0.1) is 0 Å². The smallest absolute Gasteiger partial charge is 0.229 e. The molecule has 0 spiro atoms. The molecule has 1 unspecified atom stereocenters. The summed E-state index contributed by atoms with van der Waals surface area (Å²) in [6.45, 7) is 4.34. The molecule has 1 amide bonds. The lowest BCUT2D eigenvalue weighted by Crippen LogP contribution is -2.29. The summed E-state index contributed by atoms with van der Waals surface area (Å²) in [5.74, 6) is 0.472. The number of hydrogen-bond donors (Lipinski definition) is 2. The third kappa shape index (κ3) is 3.31. The molecule has 16 heavy (non-hydrogen) atoms. The fourth-order valence-corrected chi connectivity index (χ4v) is 1.54. The van der Waals surface area contributed by atoms with Crippen molar-refractivity contribution in [2.75, 3.05) is 11.9 Å². The lowest BCUT2D eigenvalue weighted by atomic mass is 10.0. The predicted molar refractivity (Wildman–Crippen MR) is 65.1 cm³/mol. The van der Waals surface area contributed by atoms with Crippen LogP contribution in [0.15, 0.2) is 18.3 Å². The van der Waals surface area contributed by atoms with Crippen molar-refractivity contribution < 1.29 is 4.79 Å². The zero-order valence-corrected chi connectivity index (χ0v) is 9.86. The topological polar surface area (TPSA) is 68.0 Å². The van der Waals surface area contributed by atoms with Crippen LogP contribution < -0.4 is 11.1 Å². The van der Waals surface area contributed by atoms with Gasteiger partial charge in [-0.25, -0.2) is 4.98 Å². The second-order valence-electron chi connectivity index (χ2n) is 3.88. The maximum Gasteiger partial charge on any atom is 0.229 e. The molecule has 0 aliphatic rings. The van der Waals surface area contributed by atoms with Crippen molar-refractivity contribution >= 4 is 11.7 Å². The summed E-state index contributed by atoms with van der Waals surface area (Å²) in [5, 5.41) is 2.82. The maximum atomic E-state index is 11.9. The Morgan fingerprint density at radius 1 is 1.62 bits per heavy atom. The first-order chi connectivity index (χ1) is 7.69. The Morgan fingerprint density at radius 2 is 2.38 bits per heavy atom. The molecule has 1 aromatic heterocycles. The summed E-state index contributed by atoms with van der Waals surface area (Å²) in [6, 6.07) is 3.76. The molecule has 0 saturated heterocycles. The highest BCUT2D eigenvalue weighted by atomic mass is 16.1. The molecular weight excluding hydrogens is 202 g/mol. The Kier molecular flexibility index (Phi) is 4.92. The molecule has 0 fully saturated rings. The second kappa shape index (κ2) is 6.23. The minimum Gasteiger partial charge on any atom is -0.330 e. The van der Waals surface area contributed by atoms with Crippen molar-refractivity contribution in [2.24, 2.45) is 11.7 Å². The third-order valence-electron chi connectivity index (χ3n) is 2.54. The average molecular weight is 221 g/mol. The molecule has 0 radical (unpaired) electrons. The Hall–Kier alpha value is -1.42. The van der Waals surface area contributed by atoms with Crippen LogP contribution >= 0.6 is 0 Å². The zero-order valence-electron chi connectivity index (χ0n) is 9.86. The number of anilines is 1. The highest BCUT2D eigenvalue weighted by Crippen LogP contribution is 2.12. The van der Waals surface area contributed by atoms with E-state index >= 15 is 0 Å². The number of carbonyl (C=O) groups excluding carboxylic acids is 1. The lowest BCUT2D eigenvalue weighted by molar-refractivity contribution is -0.119. The van der Waals surface area contributed by atoms with Crippen molar-refractivity contribution in [3.05, 3.63) is 23.9 Å². The van der Waals surface area contributed by atoms with Crippen molar-refractivity contribution in [2.45, 2.75) is 26.7 Å². The summed E-state index contributed by atoms with van der Waals surface area (Å²) < 4.78 is 0. The van der Waals surface area contributed by atoms with Gasteiger partial charge in [-0.1, -0.05) is 19.4 Å². The van der Waals surface area contributed by atoms with E-state index in [9.17, 15) is 4.79 Å². The third-order valence-corrected chi connectivity index (χ3v) is 2.54. The number of carbonyl (C=O) groups is 1. The molecule has 1 heterocycles. The standard InChI is InChI=1S/C12H19N3O/c1-3-5-10(8-13)12(16)15-11-9(2)6-4-7-14-11/h4,6-7,10H,3,5,8,13H2,1-2H3,(H,14,15,16). The summed E-state index contributed by atoms with van der Waals surface area (Å²) in [6.07, 6.45) is 3.44. The van der Waals surface area contributed by atoms with Crippen LogP contribution in [0.2, 0.25) is 0 Å². The minimum atomic E-state index is -0.119. The molecule has 4 heteroatoms. The van der Waals surface area contributed by atoms with Gasteiger partial charge >= 0.3 is 0 Å². The number of aromatic nitrogens is 1. The maximum absolute atomic E-state index is 11.9. The minimum absolute atomic E-state index is 0.0360. The normalized spacial score (nSPS) is 12.2. The average Bonchev–Trinajstić information content (AvgIpc) is 2.29. The first-order valence-electron chi connectivity index (χ1n) is 5.61. The van der Waals surface area contributed by atoms with Crippen molar-refractivity contribution in [3.63, 3.8) is 0 Å². The van der Waals surface area contributed by atoms with Crippen molar-refractivity contribution in [1.29, 1.82) is 0 Å². The highest BCUT2D eigenvalue weighted by molar-refractivity contribution is 5.92. The van der Waals surface area contributed by atoms with Crippen LogP contribution in [0.3, 0.4) is 0 Å². The Balaban J connectivity index is 2.66. The van der Waals surface area contributed by atoms with Gasteiger partial charge < -0.3 is 11.1 Å². The molecule has 0 saturated carbocycles. The second-order valence-corrected chi connectivity index (χ2v) is 3.88. The van der Waals surface area contributed by atoms with E-state index in [0.717, 1.165) is 18.4 Å². The van der Waals surface area contributed by atoms with Crippen LogP contribution in [-0.2, 0) is 4.79 Å². The van der Waals surface area contributed by atoms with E-state index in [0.29, 0.717) is 12.4 Å². The molecule has 0 aliphatic carbocycles. The van der Waals surface area contributed by atoms with E-state index in [4.69, 9.17) is 5.73 Å². The predicted octanol–water partition coefficient (Wildman–Crippen LogP) is 1.70. The fraction of sp³-hybridized carbons (Fsp3) is 0.500. The van der Waals surface area contributed by atoms with Crippen LogP contribution in [-0.4, -0.2) is 17.4 Å². The van der Waals surface area contributed by atoms with Gasteiger partial charge in [0.05, 0.1) is 5.92 Å². The number of nitrogens with zero attached hydrogens (tertiary/aromatic N) is 1. The van der Waals surface area contributed by atoms with Crippen LogP contribution in [0, 0.1) is 12.8 Å². The van der Waals surface area contributed by atoms with Crippen molar-refractivity contribution in [1.82, 2.24) is 4.98 Å². The number of pyridine rings is 1. The number of nitrogens with one attached hydrogen (secondary N) is 1. The summed E-state index contributed by atoms with van der Waals surface area (Å²) in [5.41, 5.74) is 6.53. The monoisotopic (exact) mass is 221 g/mol. The Morgan fingerprint density at radius 3 is 2.94 bits per heavy atom. The molecule has 1 rings (SSSR count). The van der Waals surface area contributed by atoms with E-state index in [1.807, 2.05) is 26.0 Å². The van der Waals surface area contributed by atoms with Gasteiger partial charge in [0.1, 0.15) is 5.82 Å². The SMILES string of the molecule is CCCC(CN)C(=O)Nc1ncccc1C. The van der Waals surface area contributed by atoms with E-state index in [1.165, 1.54) is 0 Å². The van der Waals surface area contributed by atoms with E-state index in [2.05, 4.69) is 10.3 Å². The molecule has 0 aliphatic heterocycles. The quantitative estimate of drug-likeness (QED) is 0.795. The van der Waals surface area contributed by atoms with Crippen LogP contribution in [0.5, 0.6) is 0 Å². The number of nitrogens with two attached hydrogens (primary N) is 1. The highest BCUT2D eigenvalue weighted by Gasteiger charge is 2.16. The number of aryl methyl sites for hydroxylation is 1. The van der Waals surface area contributed by atoms with Gasteiger partial charge in [-0.2, -0.15) is 0 Å². The van der Waals surface area contributed by atoms with E-state index in [1.54, 1.807) is 6.20 Å². The number of rotatable bonds is 5. The molecule has 0 aromatic carbocycles. The molecule has 88 valence electrons. The summed E-state index contributed by atoms with van der Waals surface area (Å²) >= 11 is 0. The van der Waals surface area contributed by atoms with Gasteiger partial charge in [-0.05, 0) is 25.0 Å². The molecule has 3 N–H and O–H groups in total. The Bertz CT molecular complexity index is 352. The van der Waals surface area contributed by atoms with Crippen molar-refractivity contribution in [3.8, 4) is 0 Å². The number of amides is 1. The first kappa shape index (κ1) is 12.6. The molecule has 0 bridgehead atoms. The largest absolute Gasteiger partial charge is 0.330 e. The molecule has 1 aromatic rings.